The largest absolute Gasteiger partial charge is 0.392 e. The number of rotatable bonds is 1. The Morgan fingerprint density at radius 2 is 2.07 bits per heavy atom. The average Bonchev–Trinajstić information content (AvgIpc) is 2.66. The van der Waals surface area contributed by atoms with E-state index in [1.807, 2.05) is 17.4 Å². The summed E-state index contributed by atoms with van der Waals surface area (Å²) in [6.07, 6.45) is 5.17. The lowest BCUT2D eigenvalue weighted by atomic mass is 9.96. The van der Waals surface area contributed by atoms with Gasteiger partial charge < -0.3 is 5.11 Å². The molecular formula is C13H14OS. The minimum Gasteiger partial charge on any atom is -0.392 e. The Morgan fingerprint density at radius 3 is 2.93 bits per heavy atom. The van der Waals surface area contributed by atoms with Gasteiger partial charge in [0, 0.05) is 9.58 Å². The van der Waals surface area contributed by atoms with Crippen molar-refractivity contribution in [1.82, 2.24) is 0 Å². The maximum absolute atomic E-state index is 9.10. The van der Waals surface area contributed by atoms with Crippen LogP contribution < -0.4 is 0 Å². The Labute approximate surface area is 93.4 Å². The number of aliphatic hydroxyl groups excluding tert-OH is 1. The Balaban J connectivity index is 2.22. The number of hydrogen-bond acceptors (Lipinski definition) is 2. The van der Waals surface area contributed by atoms with Gasteiger partial charge in [-0.05, 0) is 48.3 Å². The van der Waals surface area contributed by atoms with E-state index in [0.29, 0.717) is 0 Å². The van der Waals surface area contributed by atoms with Crippen LogP contribution in [0.2, 0.25) is 0 Å². The Bertz CT molecular complexity index is 498. The monoisotopic (exact) mass is 218 g/mol. The standard InChI is InChI=1S/C13H14OS/c14-8-9-5-6-11-10-3-1-2-4-12(10)15-13(11)7-9/h5-7,14H,1-4,8H2. The van der Waals surface area contributed by atoms with Gasteiger partial charge in [-0.2, -0.15) is 0 Å². The molecule has 1 aliphatic carbocycles. The van der Waals surface area contributed by atoms with Crippen LogP contribution in [0.5, 0.6) is 0 Å². The first-order chi connectivity index (χ1) is 7.38. The number of benzene rings is 1. The van der Waals surface area contributed by atoms with E-state index in [0.717, 1.165) is 5.56 Å². The van der Waals surface area contributed by atoms with Gasteiger partial charge in [0.1, 0.15) is 0 Å². The number of fused-ring (bicyclic) bond motifs is 3. The van der Waals surface area contributed by atoms with Gasteiger partial charge >= 0.3 is 0 Å². The Kier molecular flexibility index (Phi) is 2.26. The van der Waals surface area contributed by atoms with E-state index >= 15 is 0 Å². The van der Waals surface area contributed by atoms with Crippen molar-refractivity contribution >= 4 is 21.4 Å². The third-order valence-electron chi connectivity index (χ3n) is 3.20. The molecule has 1 nitrogen and oxygen atoms in total. The normalized spacial score (nSPS) is 15.5. The maximum atomic E-state index is 9.10. The topological polar surface area (TPSA) is 20.2 Å². The molecule has 0 aliphatic heterocycles. The maximum Gasteiger partial charge on any atom is 0.0682 e. The van der Waals surface area contributed by atoms with Gasteiger partial charge in [0.05, 0.1) is 6.61 Å². The summed E-state index contributed by atoms with van der Waals surface area (Å²) in [6, 6.07) is 6.36. The van der Waals surface area contributed by atoms with Gasteiger partial charge in [-0.3, -0.25) is 0 Å². The van der Waals surface area contributed by atoms with Crippen molar-refractivity contribution in [2.24, 2.45) is 0 Å². The highest BCUT2D eigenvalue weighted by Gasteiger charge is 2.15. The number of aliphatic hydroxyl groups is 1. The number of hydrogen-bond donors (Lipinski definition) is 1. The first-order valence-corrected chi connectivity index (χ1v) is 6.34. The smallest absolute Gasteiger partial charge is 0.0682 e. The van der Waals surface area contributed by atoms with Crippen LogP contribution in [0.1, 0.15) is 28.8 Å². The van der Waals surface area contributed by atoms with Gasteiger partial charge in [0.15, 0.2) is 0 Å². The van der Waals surface area contributed by atoms with E-state index in [1.165, 1.54) is 35.8 Å². The van der Waals surface area contributed by atoms with Crippen molar-refractivity contribution in [1.29, 1.82) is 0 Å². The fourth-order valence-electron chi connectivity index (χ4n) is 2.41. The van der Waals surface area contributed by atoms with Crippen molar-refractivity contribution in [2.45, 2.75) is 32.3 Å². The van der Waals surface area contributed by atoms with E-state index in [2.05, 4.69) is 12.1 Å². The molecule has 1 aliphatic rings. The van der Waals surface area contributed by atoms with Crippen LogP contribution in [0, 0.1) is 0 Å². The van der Waals surface area contributed by atoms with Gasteiger partial charge in [0.25, 0.3) is 0 Å². The fourth-order valence-corrected chi connectivity index (χ4v) is 3.77. The van der Waals surface area contributed by atoms with E-state index in [9.17, 15) is 0 Å². The molecule has 0 atom stereocenters. The summed E-state index contributed by atoms with van der Waals surface area (Å²) in [5.41, 5.74) is 2.60. The number of thiophene rings is 1. The Hall–Kier alpha value is -0.860. The van der Waals surface area contributed by atoms with Crippen LogP contribution in [0.4, 0.5) is 0 Å². The van der Waals surface area contributed by atoms with E-state index in [1.54, 1.807) is 10.4 Å². The van der Waals surface area contributed by atoms with Gasteiger partial charge in [-0.1, -0.05) is 12.1 Å². The zero-order valence-corrected chi connectivity index (χ0v) is 9.44. The quantitative estimate of drug-likeness (QED) is 0.779. The first-order valence-electron chi connectivity index (χ1n) is 5.52. The van der Waals surface area contributed by atoms with Gasteiger partial charge in [-0.25, -0.2) is 0 Å². The molecule has 0 unspecified atom stereocenters. The molecule has 0 saturated carbocycles. The van der Waals surface area contributed by atoms with E-state index in [-0.39, 0.29) is 6.61 Å². The van der Waals surface area contributed by atoms with Crippen molar-refractivity contribution in [3.63, 3.8) is 0 Å². The molecule has 0 spiro atoms. The highest BCUT2D eigenvalue weighted by molar-refractivity contribution is 7.19. The zero-order valence-electron chi connectivity index (χ0n) is 8.62. The summed E-state index contributed by atoms with van der Waals surface area (Å²) in [5, 5.41) is 10.5. The van der Waals surface area contributed by atoms with Crippen molar-refractivity contribution in [3.05, 3.63) is 34.2 Å². The van der Waals surface area contributed by atoms with Crippen LogP contribution in [0.25, 0.3) is 10.1 Å². The SMILES string of the molecule is OCc1ccc2c3c(sc2c1)CCCC3. The molecule has 78 valence electrons. The summed E-state index contributed by atoms with van der Waals surface area (Å²) in [4.78, 5) is 1.58. The Morgan fingerprint density at radius 1 is 1.20 bits per heavy atom. The average molecular weight is 218 g/mol. The minimum absolute atomic E-state index is 0.151. The molecule has 15 heavy (non-hydrogen) atoms. The summed E-state index contributed by atoms with van der Waals surface area (Å²) in [6.45, 7) is 0.151. The summed E-state index contributed by atoms with van der Waals surface area (Å²) < 4.78 is 1.36. The van der Waals surface area contributed by atoms with Crippen molar-refractivity contribution < 1.29 is 5.11 Å². The molecule has 1 aromatic heterocycles. The highest BCUT2D eigenvalue weighted by Crippen LogP contribution is 2.36. The van der Waals surface area contributed by atoms with E-state index in [4.69, 9.17) is 5.11 Å². The molecule has 0 bridgehead atoms. The van der Waals surface area contributed by atoms with Crippen LogP contribution in [0.3, 0.4) is 0 Å². The van der Waals surface area contributed by atoms with Crippen LogP contribution in [0.15, 0.2) is 18.2 Å². The highest BCUT2D eigenvalue weighted by atomic mass is 32.1. The molecule has 1 aromatic carbocycles. The molecule has 2 aromatic rings. The molecule has 2 heteroatoms. The predicted molar refractivity (Wildman–Crippen MR) is 64.4 cm³/mol. The minimum atomic E-state index is 0.151. The van der Waals surface area contributed by atoms with E-state index < -0.39 is 0 Å². The molecule has 3 rings (SSSR count). The third-order valence-corrected chi connectivity index (χ3v) is 4.46. The molecule has 0 radical (unpaired) electrons. The lowest BCUT2D eigenvalue weighted by Crippen LogP contribution is -1.97. The van der Waals surface area contributed by atoms with Crippen molar-refractivity contribution in [3.8, 4) is 0 Å². The lowest BCUT2D eigenvalue weighted by Gasteiger charge is -2.10. The van der Waals surface area contributed by atoms with Crippen LogP contribution >= 0.6 is 11.3 Å². The molecule has 1 N–H and O–H groups in total. The summed E-state index contributed by atoms with van der Waals surface area (Å²) in [7, 11) is 0. The van der Waals surface area contributed by atoms with Crippen molar-refractivity contribution in [2.75, 3.05) is 0 Å². The second-order valence-electron chi connectivity index (χ2n) is 4.20. The molecule has 1 heterocycles. The predicted octanol–water partition coefficient (Wildman–Crippen LogP) is 3.27. The second-order valence-corrected chi connectivity index (χ2v) is 5.34. The zero-order chi connectivity index (χ0) is 10.3. The lowest BCUT2D eigenvalue weighted by molar-refractivity contribution is 0.282. The summed E-state index contributed by atoms with van der Waals surface area (Å²) >= 11 is 1.92. The van der Waals surface area contributed by atoms with Gasteiger partial charge in [0.2, 0.25) is 0 Å². The van der Waals surface area contributed by atoms with Crippen LogP contribution in [-0.2, 0) is 19.4 Å². The molecular weight excluding hydrogens is 204 g/mol. The summed E-state index contributed by atoms with van der Waals surface area (Å²) in [5.74, 6) is 0. The fraction of sp³-hybridized carbons (Fsp3) is 0.385. The first kappa shape index (κ1) is 9.37. The molecule has 0 saturated heterocycles. The van der Waals surface area contributed by atoms with Crippen LogP contribution in [-0.4, -0.2) is 5.11 Å². The molecule has 0 fully saturated rings. The second kappa shape index (κ2) is 3.62. The van der Waals surface area contributed by atoms with Gasteiger partial charge in [-0.15, -0.1) is 11.3 Å². The molecule has 0 amide bonds. The number of aryl methyl sites for hydroxylation is 2. The third kappa shape index (κ3) is 1.48.